The summed E-state index contributed by atoms with van der Waals surface area (Å²) in [6.45, 7) is 7.03. The number of carbonyl (C=O) groups is 1. The number of hydrogen-bond acceptors (Lipinski definition) is 5. The molecule has 2 aromatic rings. The molecule has 1 saturated carbocycles. The largest absolute Gasteiger partial charge is 0.444 e. The first kappa shape index (κ1) is 22.6. The van der Waals surface area contributed by atoms with Gasteiger partial charge in [-0.2, -0.15) is 0 Å². The van der Waals surface area contributed by atoms with E-state index in [0.717, 1.165) is 5.56 Å². The van der Waals surface area contributed by atoms with Gasteiger partial charge in [-0.25, -0.2) is 13.2 Å². The normalized spacial score (nSPS) is 23.7. The van der Waals surface area contributed by atoms with E-state index in [2.05, 4.69) is 5.32 Å². The molecular formula is C22H27ClN2O4S. The van der Waals surface area contributed by atoms with Gasteiger partial charge in [0.25, 0.3) is 0 Å². The molecule has 0 saturated heterocycles. The van der Waals surface area contributed by atoms with Crippen molar-refractivity contribution in [3.63, 3.8) is 0 Å². The molecule has 0 aromatic heterocycles. The van der Waals surface area contributed by atoms with Gasteiger partial charge >= 0.3 is 6.09 Å². The molecule has 1 aliphatic carbocycles. The number of nitrogens with two attached hydrogens (primary N) is 1. The van der Waals surface area contributed by atoms with Crippen molar-refractivity contribution in [2.45, 2.75) is 54.9 Å². The Morgan fingerprint density at radius 2 is 1.83 bits per heavy atom. The fourth-order valence-electron chi connectivity index (χ4n) is 3.84. The van der Waals surface area contributed by atoms with E-state index in [9.17, 15) is 13.2 Å². The molecule has 162 valence electrons. The van der Waals surface area contributed by atoms with Gasteiger partial charge in [-0.15, -0.1) is 0 Å². The number of hydrogen-bond donors (Lipinski definition) is 2. The van der Waals surface area contributed by atoms with Crippen LogP contribution >= 0.6 is 11.6 Å². The lowest BCUT2D eigenvalue weighted by Gasteiger charge is -2.24. The number of halogens is 1. The number of sulfone groups is 1. The van der Waals surface area contributed by atoms with Crippen LogP contribution in [-0.4, -0.2) is 37.4 Å². The van der Waals surface area contributed by atoms with Crippen molar-refractivity contribution < 1.29 is 17.9 Å². The number of amides is 1. The van der Waals surface area contributed by atoms with Gasteiger partial charge in [0, 0.05) is 17.5 Å². The van der Waals surface area contributed by atoms with Gasteiger partial charge < -0.3 is 15.8 Å². The summed E-state index contributed by atoms with van der Waals surface area (Å²) in [5, 5.41) is 2.31. The molecule has 2 aromatic carbocycles. The molecule has 6 nitrogen and oxygen atoms in total. The number of ether oxygens (including phenoxy) is 1. The van der Waals surface area contributed by atoms with Gasteiger partial charge in [0.1, 0.15) is 10.9 Å². The van der Waals surface area contributed by atoms with Crippen molar-refractivity contribution in [2.24, 2.45) is 5.73 Å². The van der Waals surface area contributed by atoms with Crippen molar-refractivity contribution in [3.8, 4) is 0 Å². The van der Waals surface area contributed by atoms with Gasteiger partial charge in [0.15, 0.2) is 9.84 Å². The fraction of sp³-hybridized carbons (Fsp3) is 0.409. The number of alkyl carbamates (subject to hydrolysis) is 1. The SMILES string of the molecule is Cc1ccc(S(=O)(=O)[C@@H]2[C@H](c3cccc(Cl)c3)[C@@]2(CN)NC(=O)OC(C)(C)C)cc1. The molecule has 0 bridgehead atoms. The molecule has 0 unspecified atom stereocenters. The summed E-state index contributed by atoms with van der Waals surface area (Å²) >= 11 is 6.15. The highest BCUT2D eigenvalue weighted by Gasteiger charge is 2.71. The molecule has 1 fully saturated rings. The van der Waals surface area contributed by atoms with E-state index >= 15 is 0 Å². The van der Waals surface area contributed by atoms with E-state index in [1.165, 1.54) is 0 Å². The Kier molecular flexibility index (Phi) is 5.93. The van der Waals surface area contributed by atoms with Crippen LogP contribution in [0.2, 0.25) is 5.02 Å². The summed E-state index contributed by atoms with van der Waals surface area (Å²) in [5.41, 5.74) is 5.79. The van der Waals surface area contributed by atoms with Crippen molar-refractivity contribution in [1.82, 2.24) is 5.32 Å². The topological polar surface area (TPSA) is 98.5 Å². The zero-order valence-corrected chi connectivity index (χ0v) is 19.0. The van der Waals surface area contributed by atoms with E-state index in [1.807, 2.05) is 6.92 Å². The average Bonchev–Trinajstić information content (AvgIpc) is 3.30. The van der Waals surface area contributed by atoms with E-state index in [4.69, 9.17) is 22.1 Å². The summed E-state index contributed by atoms with van der Waals surface area (Å²) in [6, 6.07) is 13.6. The van der Waals surface area contributed by atoms with Crippen molar-refractivity contribution in [1.29, 1.82) is 0 Å². The minimum atomic E-state index is -3.80. The third kappa shape index (κ3) is 4.33. The zero-order valence-electron chi connectivity index (χ0n) is 17.5. The second-order valence-electron chi connectivity index (χ2n) is 8.68. The summed E-state index contributed by atoms with van der Waals surface area (Å²) < 4.78 is 32.4. The number of rotatable bonds is 5. The molecule has 0 heterocycles. The molecule has 1 amide bonds. The predicted octanol–water partition coefficient (Wildman–Crippen LogP) is 3.81. The van der Waals surface area contributed by atoms with Gasteiger partial charge in [-0.1, -0.05) is 41.4 Å². The van der Waals surface area contributed by atoms with Crippen LogP contribution in [0.3, 0.4) is 0 Å². The summed E-state index contributed by atoms with van der Waals surface area (Å²) in [6.07, 6.45) is -0.707. The number of aryl methyl sites for hydroxylation is 1. The van der Waals surface area contributed by atoms with Crippen LogP contribution in [0.5, 0.6) is 0 Å². The van der Waals surface area contributed by atoms with Crippen LogP contribution < -0.4 is 11.1 Å². The summed E-state index contributed by atoms with van der Waals surface area (Å²) in [5.74, 6) is -0.556. The minimum Gasteiger partial charge on any atom is -0.444 e. The average molecular weight is 451 g/mol. The highest BCUT2D eigenvalue weighted by atomic mass is 35.5. The minimum absolute atomic E-state index is 0.0703. The maximum Gasteiger partial charge on any atom is 0.408 e. The van der Waals surface area contributed by atoms with Crippen LogP contribution in [0.4, 0.5) is 4.79 Å². The number of nitrogens with one attached hydrogen (secondary N) is 1. The highest BCUT2D eigenvalue weighted by Crippen LogP contribution is 2.57. The monoisotopic (exact) mass is 450 g/mol. The standard InChI is InChI=1S/C22H27ClN2O4S/c1-14-8-10-17(11-9-14)30(27,28)19-18(15-6-5-7-16(23)12-15)22(19,13-24)25-20(26)29-21(2,3)4/h5-12,18-19H,13,24H2,1-4H3,(H,25,26)/t18-,19+,22+/m0/s1. The second-order valence-corrected chi connectivity index (χ2v) is 11.2. The van der Waals surface area contributed by atoms with Crippen LogP contribution in [0.1, 0.15) is 37.8 Å². The lowest BCUT2D eigenvalue weighted by Crippen LogP contribution is -2.49. The number of benzene rings is 2. The highest BCUT2D eigenvalue weighted by molar-refractivity contribution is 7.92. The second kappa shape index (κ2) is 7.87. The smallest absolute Gasteiger partial charge is 0.408 e. The molecule has 0 radical (unpaired) electrons. The first-order valence-corrected chi connectivity index (χ1v) is 11.6. The summed E-state index contributed by atoms with van der Waals surface area (Å²) in [7, 11) is -3.80. The van der Waals surface area contributed by atoms with Crippen molar-refractivity contribution in [2.75, 3.05) is 6.54 Å². The molecule has 3 rings (SSSR count). The first-order valence-electron chi connectivity index (χ1n) is 9.68. The van der Waals surface area contributed by atoms with Crippen LogP contribution in [0, 0.1) is 6.92 Å². The third-order valence-electron chi connectivity index (χ3n) is 5.22. The van der Waals surface area contributed by atoms with E-state index in [1.54, 1.807) is 69.3 Å². The van der Waals surface area contributed by atoms with Crippen molar-refractivity contribution >= 4 is 27.5 Å². The Hall–Kier alpha value is -2.09. The van der Waals surface area contributed by atoms with Gasteiger partial charge in [0.05, 0.1) is 10.4 Å². The Bertz CT molecular complexity index is 1050. The molecule has 8 heteroatoms. The molecule has 3 atom stereocenters. The zero-order chi connectivity index (χ0) is 22.3. The van der Waals surface area contributed by atoms with E-state index < -0.39 is 38.2 Å². The lowest BCUT2D eigenvalue weighted by molar-refractivity contribution is 0.0497. The predicted molar refractivity (Wildman–Crippen MR) is 118 cm³/mol. The van der Waals surface area contributed by atoms with E-state index in [-0.39, 0.29) is 11.4 Å². The third-order valence-corrected chi connectivity index (χ3v) is 7.75. The van der Waals surface area contributed by atoms with E-state index in [0.29, 0.717) is 10.6 Å². The first-order chi connectivity index (χ1) is 13.9. The molecular weight excluding hydrogens is 424 g/mol. The Balaban J connectivity index is 2.05. The van der Waals surface area contributed by atoms with Gasteiger partial charge in [-0.05, 0) is 57.5 Å². The lowest BCUT2D eigenvalue weighted by atomic mass is 10.1. The van der Waals surface area contributed by atoms with Gasteiger partial charge in [-0.3, -0.25) is 0 Å². The fourth-order valence-corrected chi connectivity index (χ4v) is 6.39. The Morgan fingerprint density at radius 3 is 2.37 bits per heavy atom. The van der Waals surface area contributed by atoms with Crippen LogP contribution in [-0.2, 0) is 14.6 Å². The molecule has 1 aliphatic rings. The van der Waals surface area contributed by atoms with Crippen LogP contribution in [0.25, 0.3) is 0 Å². The van der Waals surface area contributed by atoms with Gasteiger partial charge in [0.2, 0.25) is 0 Å². The molecule has 3 N–H and O–H groups in total. The quantitative estimate of drug-likeness (QED) is 0.721. The maximum atomic E-state index is 13.5. The van der Waals surface area contributed by atoms with Crippen molar-refractivity contribution in [3.05, 3.63) is 64.7 Å². The summed E-state index contributed by atoms with van der Waals surface area (Å²) in [4.78, 5) is 12.7. The Labute approximate surface area is 182 Å². The Morgan fingerprint density at radius 1 is 1.20 bits per heavy atom. The van der Waals surface area contributed by atoms with Crippen LogP contribution in [0.15, 0.2) is 53.4 Å². The number of carbonyl (C=O) groups excluding carboxylic acids is 1. The maximum absolute atomic E-state index is 13.5. The molecule has 0 spiro atoms. The molecule has 30 heavy (non-hydrogen) atoms. The molecule has 0 aliphatic heterocycles.